The van der Waals surface area contributed by atoms with Gasteiger partial charge in [0.05, 0.1) is 11.7 Å². The van der Waals surface area contributed by atoms with Crippen LogP contribution in [0.15, 0.2) is 0 Å². The maximum atomic E-state index is 5.03. The highest BCUT2D eigenvalue weighted by molar-refractivity contribution is 7.99. The normalized spacial score (nSPS) is 20.6. The van der Waals surface area contributed by atoms with Crippen molar-refractivity contribution in [1.29, 1.82) is 0 Å². The number of aromatic nitrogens is 1. The second kappa shape index (κ2) is 7.95. The van der Waals surface area contributed by atoms with Crippen LogP contribution in [0.2, 0.25) is 0 Å². The Morgan fingerprint density at radius 2 is 2.10 bits per heavy atom. The Morgan fingerprint density at radius 1 is 1.33 bits per heavy atom. The van der Waals surface area contributed by atoms with Crippen LogP contribution in [0.4, 0.5) is 0 Å². The second-order valence-electron chi connectivity index (χ2n) is 6.63. The molecule has 1 saturated heterocycles. The third-order valence-electron chi connectivity index (χ3n) is 3.75. The van der Waals surface area contributed by atoms with E-state index < -0.39 is 0 Å². The summed E-state index contributed by atoms with van der Waals surface area (Å²) in [6, 6.07) is 1.03. The fourth-order valence-corrected chi connectivity index (χ4v) is 5.01. The standard InChI is InChI=1S/C16H29N3S2/c1-11(2)8-13-15(9-17-12(3)4)21-16(18-13)14-10-20-7-6-19(14)5/h11-12,14,17H,6-10H2,1-5H3. The molecule has 1 aromatic heterocycles. The molecule has 0 radical (unpaired) electrons. The highest BCUT2D eigenvalue weighted by Gasteiger charge is 2.25. The average Bonchev–Trinajstić information content (AvgIpc) is 2.79. The fourth-order valence-electron chi connectivity index (χ4n) is 2.47. The molecule has 3 nitrogen and oxygen atoms in total. The number of hydrogen-bond donors (Lipinski definition) is 1. The first-order chi connectivity index (χ1) is 9.97. The van der Waals surface area contributed by atoms with E-state index >= 15 is 0 Å². The Hall–Kier alpha value is -0.100. The molecular formula is C16H29N3S2. The topological polar surface area (TPSA) is 28.2 Å². The maximum Gasteiger partial charge on any atom is 0.111 e. The molecule has 120 valence electrons. The zero-order valence-corrected chi connectivity index (χ0v) is 15.6. The number of thiazole rings is 1. The van der Waals surface area contributed by atoms with E-state index in [0.717, 1.165) is 13.0 Å². The highest BCUT2D eigenvalue weighted by Crippen LogP contribution is 2.33. The van der Waals surface area contributed by atoms with Crippen LogP contribution in [-0.4, -0.2) is 41.0 Å². The zero-order chi connectivity index (χ0) is 15.4. The van der Waals surface area contributed by atoms with Gasteiger partial charge in [-0.3, -0.25) is 4.90 Å². The quantitative estimate of drug-likeness (QED) is 0.865. The molecule has 0 saturated carbocycles. The Bertz CT molecular complexity index is 443. The van der Waals surface area contributed by atoms with Crippen molar-refractivity contribution in [3.63, 3.8) is 0 Å². The van der Waals surface area contributed by atoms with Crippen molar-refractivity contribution in [2.75, 3.05) is 25.1 Å². The van der Waals surface area contributed by atoms with Crippen LogP contribution in [0.1, 0.15) is 49.3 Å². The van der Waals surface area contributed by atoms with E-state index in [1.165, 1.54) is 33.6 Å². The Morgan fingerprint density at radius 3 is 2.71 bits per heavy atom. The molecule has 0 spiro atoms. The lowest BCUT2D eigenvalue weighted by molar-refractivity contribution is 0.274. The summed E-state index contributed by atoms with van der Waals surface area (Å²) >= 11 is 3.98. The SMILES string of the molecule is CC(C)Cc1nc(C2CSCCN2C)sc1CNC(C)C. The Kier molecular flexibility index (Phi) is 6.53. The largest absolute Gasteiger partial charge is 0.310 e. The van der Waals surface area contributed by atoms with Crippen molar-refractivity contribution < 1.29 is 0 Å². The Balaban J connectivity index is 2.17. The second-order valence-corrected chi connectivity index (χ2v) is 8.89. The fraction of sp³-hybridized carbons (Fsp3) is 0.812. The molecule has 0 amide bonds. The van der Waals surface area contributed by atoms with Crippen LogP contribution in [0.3, 0.4) is 0 Å². The molecule has 1 N–H and O–H groups in total. The summed E-state index contributed by atoms with van der Waals surface area (Å²) in [5.41, 5.74) is 1.32. The summed E-state index contributed by atoms with van der Waals surface area (Å²) in [4.78, 5) is 8.93. The van der Waals surface area contributed by atoms with E-state index in [4.69, 9.17) is 4.98 Å². The van der Waals surface area contributed by atoms with Crippen LogP contribution in [0.5, 0.6) is 0 Å². The van der Waals surface area contributed by atoms with Gasteiger partial charge in [-0.25, -0.2) is 4.98 Å². The van der Waals surface area contributed by atoms with Gasteiger partial charge in [0.2, 0.25) is 0 Å². The highest BCUT2D eigenvalue weighted by atomic mass is 32.2. The van der Waals surface area contributed by atoms with Crippen LogP contribution in [0.25, 0.3) is 0 Å². The molecule has 0 bridgehead atoms. The van der Waals surface area contributed by atoms with Gasteiger partial charge in [0, 0.05) is 35.5 Å². The van der Waals surface area contributed by atoms with Crippen molar-refractivity contribution in [1.82, 2.24) is 15.2 Å². The first-order valence-corrected chi connectivity index (χ1v) is 9.94. The van der Waals surface area contributed by atoms with E-state index in [9.17, 15) is 0 Å². The van der Waals surface area contributed by atoms with E-state index in [-0.39, 0.29) is 0 Å². The summed E-state index contributed by atoms with van der Waals surface area (Å²) in [6.07, 6.45) is 1.09. The number of thioether (sulfide) groups is 1. The van der Waals surface area contributed by atoms with Gasteiger partial charge in [0.25, 0.3) is 0 Å². The zero-order valence-electron chi connectivity index (χ0n) is 14.0. The Labute approximate surface area is 137 Å². The van der Waals surface area contributed by atoms with Gasteiger partial charge in [-0.15, -0.1) is 11.3 Å². The lowest BCUT2D eigenvalue weighted by Gasteiger charge is -2.30. The minimum Gasteiger partial charge on any atom is -0.310 e. The number of nitrogens with one attached hydrogen (secondary N) is 1. The summed E-state index contributed by atoms with van der Waals surface area (Å²) in [5, 5.41) is 4.87. The molecule has 1 aromatic rings. The van der Waals surface area contributed by atoms with Crippen LogP contribution >= 0.6 is 23.1 Å². The number of rotatable bonds is 6. The molecule has 0 aromatic carbocycles. The molecule has 21 heavy (non-hydrogen) atoms. The summed E-state index contributed by atoms with van der Waals surface area (Å²) < 4.78 is 0. The third kappa shape index (κ3) is 4.95. The van der Waals surface area contributed by atoms with Crippen molar-refractivity contribution in [3.05, 3.63) is 15.6 Å². The molecule has 2 rings (SSSR count). The van der Waals surface area contributed by atoms with Crippen LogP contribution in [0, 0.1) is 5.92 Å². The number of hydrogen-bond acceptors (Lipinski definition) is 5. The molecule has 2 heterocycles. The summed E-state index contributed by atoms with van der Waals surface area (Å²) in [6.45, 7) is 11.1. The summed E-state index contributed by atoms with van der Waals surface area (Å²) in [7, 11) is 2.24. The van der Waals surface area contributed by atoms with E-state index in [1.807, 2.05) is 11.3 Å². The molecule has 1 aliphatic heterocycles. The van der Waals surface area contributed by atoms with Gasteiger partial charge < -0.3 is 5.32 Å². The van der Waals surface area contributed by atoms with Gasteiger partial charge in [-0.1, -0.05) is 27.7 Å². The van der Waals surface area contributed by atoms with Crippen molar-refractivity contribution >= 4 is 23.1 Å². The minimum atomic E-state index is 0.507. The maximum absolute atomic E-state index is 5.03. The van der Waals surface area contributed by atoms with Gasteiger partial charge >= 0.3 is 0 Å². The van der Waals surface area contributed by atoms with Crippen LogP contribution in [-0.2, 0) is 13.0 Å². The molecule has 1 unspecified atom stereocenters. The molecule has 1 atom stereocenters. The van der Waals surface area contributed by atoms with Crippen molar-refractivity contribution in [2.24, 2.45) is 5.92 Å². The van der Waals surface area contributed by atoms with Crippen LogP contribution < -0.4 is 5.32 Å². The first kappa shape index (κ1) is 17.3. The van der Waals surface area contributed by atoms with Gasteiger partial charge in [0.1, 0.15) is 5.01 Å². The van der Waals surface area contributed by atoms with E-state index in [0.29, 0.717) is 18.0 Å². The molecule has 1 aliphatic rings. The summed E-state index contributed by atoms with van der Waals surface area (Å²) in [5.74, 6) is 3.09. The predicted octanol–water partition coefficient (Wildman–Crippen LogP) is 3.56. The molecule has 5 heteroatoms. The number of nitrogens with zero attached hydrogens (tertiary/aromatic N) is 2. The smallest absolute Gasteiger partial charge is 0.111 e. The van der Waals surface area contributed by atoms with E-state index in [2.05, 4.69) is 56.7 Å². The monoisotopic (exact) mass is 327 g/mol. The van der Waals surface area contributed by atoms with Crippen molar-refractivity contribution in [2.45, 2.75) is 52.7 Å². The average molecular weight is 328 g/mol. The molecular weight excluding hydrogens is 298 g/mol. The van der Waals surface area contributed by atoms with E-state index in [1.54, 1.807) is 0 Å². The van der Waals surface area contributed by atoms with Gasteiger partial charge in [-0.05, 0) is 19.4 Å². The minimum absolute atomic E-state index is 0.507. The molecule has 0 aliphatic carbocycles. The van der Waals surface area contributed by atoms with Gasteiger partial charge in [-0.2, -0.15) is 11.8 Å². The first-order valence-electron chi connectivity index (χ1n) is 7.97. The van der Waals surface area contributed by atoms with Crippen molar-refractivity contribution in [3.8, 4) is 0 Å². The van der Waals surface area contributed by atoms with Gasteiger partial charge in [0.15, 0.2) is 0 Å². The molecule has 1 fully saturated rings. The lowest BCUT2D eigenvalue weighted by atomic mass is 10.1. The lowest BCUT2D eigenvalue weighted by Crippen LogP contribution is -2.32. The predicted molar refractivity (Wildman–Crippen MR) is 95.3 cm³/mol. The third-order valence-corrected chi connectivity index (χ3v) is 5.97.